The largest absolute Gasteiger partial charge is 0.389 e. The molecule has 0 saturated carbocycles. The van der Waals surface area contributed by atoms with Gasteiger partial charge in [-0.15, -0.1) is 0 Å². The second-order valence-corrected chi connectivity index (χ2v) is 4.84. The second-order valence-electron chi connectivity index (χ2n) is 4.84. The number of likely N-dealkylation sites (N-methyl/N-ethyl adjacent to an activating group) is 1. The van der Waals surface area contributed by atoms with Crippen LogP contribution >= 0.6 is 0 Å². The Morgan fingerprint density at radius 3 is 2.16 bits per heavy atom. The number of nitro groups is 1. The number of hydrogen-bond acceptors (Lipinski definition) is 4. The Balaban J connectivity index is 3.22. The van der Waals surface area contributed by atoms with Crippen molar-refractivity contribution in [3.05, 3.63) is 33.9 Å². The molecule has 1 rings (SSSR count). The zero-order chi connectivity index (χ0) is 14.8. The summed E-state index contributed by atoms with van der Waals surface area (Å²) in [5.74, 6) is -2.03. The van der Waals surface area contributed by atoms with Gasteiger partial charge >= 0.3 is 0 Å². The standard InChI is InChI=1S/C12H16F2N2O3/c1-4-15(7-12(2,3)17)11-9(13)5-8(16(18)19)6-10(11)14/h5-6,17H,4,7H2,1-3H3. The molecule has 0 atom stereocenters. The topological polar surface area (TPSA) is 66.6 Å². The number of rotatable bonds is 5. The predicted octanol–water partition coefficient (Wildman–Crippen LogP) is 2.47. The zero-order valence-electron chi connectivity index (χ0n) is 11.0. The van der Waals surface area contributed by atoms with Gasteiger partial charge in [-0.2, -0.15) is 0 Å². The summed E-state index contributed by atoms with van der Waals surface area (Å²) in [7, 11) is 0. The van der Waals surface area contributed by atoms with Gasteiger partial charge in [0.2, 0.25) is 0 Å². The van der Waals surface area contributed by atoms with Crippen molar-refractivity contribution in [1.29, 1.82) is 0 Å². The molecule has 19 heavy (non-hydrogen) atoms. The lowest BCUT2D eigenvalue weighted by Gasteiger charge is -2.30. The Labute approximate surface area is 109 Å². The highest BCUT2D eigenvalue weighted by Crippen LogP contribution is 2.29. The molecule has 5 nitrogen and oxygen atoms in total. The van der Waals surface area contributed by atoms with Crippen molar-refractivity contribution in [2.75, 3.05) is 18.0 Å². The summed E-state index contributed by atoms with van der Waals surface area (Å²) in [6, 6.07) is 1.34. The summed E-state index contributed by atoms with van der Waals surface area (Å²) >= 11 is 0. The van der Waals surface area contributed by atoms with Crippen LogP contribution in [0.15, 0.2) is 12.1 Å². The number of nitro benzene ring substituents is 1. The molecule has 0 saturated heterocycles. The van der Waals surface area contributed by atoms with E-state index in [4.69, 9.17) is 0 Å². The first-order chi connectivity index (χ1) is 8.65. The molecular weight excluding hydrogens is 258 g/mol. The van der Waals surface area contributed by atoms with E-state index in [1.807, 2.05) is 0 Å². The monoisotopic (exact) mass is 274 g/mol. The van der Waals surface area contributed by atoms with Crippen molar-refractivity contribution in [3.8, 4) is 0 Å². The molecule has 0 radical (unpaired) electrons. The minimum absolute atomic E-state index is 0.00908. The summed E-state index contributed by atoms with van der Waals surface area (Å²) in [4.78, 5) is 10.9. The molecule has 0 aliphatic heterocycles. The van der Waals surface area contributed by atoms with E-state index in [0.717, 1.165) is 0 Å². The van der Waals surface area contributed by atoms with Gasteiger partial charge in [-0.05, 0) is 20.8 Å². The van der Waals surface area contributed by atoms with Crippen LogP contribution in [0.25, 0.3) is 0 Å². The average Bonchev–Trinajstić information content (AvgIpc) is 2.24. The fraction of sp³-hybridized carbons (Fsp3) is 0.500. The second kappa shape index (κ2) is 5.48. The molecule has 0 bridgehead atoms. The first kappa shape index (κ1) is 15.3. The normalized spacial score (nSPS) is 11.5. The van der Waals surface area contributed by atoms with Gasteiger partial charge in [0.15, 0.2) is 11.6 Å². The SMILES string of the molecule is CCN(CC(C)(C)O)c1c(F)cc([N+](=O)[O-])cc1F. The highest BCUT2D eigenvalue weighted by molar-refractivity contribution is 5.54. The molecule has 0 unspecified atom stereocenters. The molecule has 1 N–H and O–H groups in total. The van der Waals surface area contributed by atoms with E-state index in [1.165, 1.54) is 18.7 Å². The Kier molecular flexibility index (Phi) is 4.41. The zero-order valence-corrected chi connectivity index (χ0v) is 11.0. The molecule has 1 aromatic rings. The summed E-state index contributed by atoms with van der Waals surface area (Å²) in [5.41, 5.74) is -2.15. The van der Waals surface area contributed by atoms with E-state index in [2.05, 4.69) is 0 Å². The first-order valence-corrected chi connectivity index (χ1v) is 5.76. The third-order valence-corrected chi connectivity index (χ3v) is 2.49. The van der Waals surface area contributed by atoms with E-state index in [1.54, 1.807) is 6.92 Å². The minimum atomic E-state index is -1.14. The summed E-state index contributed by atoms with van der Waals surface area (Å²) in [6.45, 7) is 4.96. The lowest BCUT2D eigenvalue weighted by Crippen LogP contribution is -2.39. The van der Waals surface area contributed by atoms with E-state index in [0.29, 0.717) is 12.1 Å². The highest BCUT2D eigenvalue weighted by Gasteiger charge is 2.25. The van der Waals surface area contributed by atoms with Crippen molar-refractivity contribution in [2.45, 2.75) is 26.4 Å². The summed E-state index contributed by atoms with van der Waals surface area (Å²) < 4.78 is 27.6. The van der Waals surface area contributed by atoms with E-state index >= 15 is 0 Å². The molecule has 0 aromatic heterocycles. The van der Waals surface area contributed by atoms with E-state index in [-0.39, 0.29) is 18.8 Å². The first-order valence-electron chi connectivity index (χ1n) is 5.76. The Morgan fingerprint density at radius 2 is 1.84 bits per heavy atom. The van der Waals surface area contributed by atoms with Crippen molar-refractivity contribution in [3.63, 3.8) is 0 Å². The molecule has 0 aliphatic rings. The van der Waals surface area contributed by atoms with Crippen LogP contribution in [-0.2, 0) is 0 Å². The lowest BCUT2D eigenvalue weighted by molar-refractivity contribution is -0.385. The van der Waals surface area contributed by atoms with Crippen LogP contribution in [0.5, 0.6) is 0 Å². The van der Waals surface area contributed by atoms with Crippen molar-refractivity contribution in [2.24, 2.45) is 0 Å². The van der Waals surface area contributed by atoms with Crippen LogP contribution in [-0.4, -0.2) is 28.7 Å². The van der Waals surface area contributed by atoms with Crippen molar-refractivity contribution >= 4 is 11.4 Å². The van der Waals surface area contributed by atoms with Gasteiger partial charge in [-0.25, -0.2) is 8.78 Å². The van der Waals surface area contributed by atoms with Crippen LogP contribution in [0.4, 0.5) is 20.2 Å². The summed E-state index contributed by atoms with van der Waals surface area (Å²) in [5, 5.41) is 20.2. The van der Waals surface area contributed by atoms with E-state index < -0.39 is 27.8 Å². The maximum atomic E-state index is 13.8. The number of halogens is 2. The Morgan fingerprint density at radius 1 is 1.37 bits per heavy atom. The molecule has 0 heterocycles. The van der Waals surface area contributed by atoms with E-state index in [9.17, 15) is 24.0 Å². The van der Waals surface area contributed by atoms with Gasteiger partial charge in [0.25, 0.3) is 5.69 Å². The molecule has 106 valence electrons. The number of anilines is 1. The minimum Gasteiger partial charge on any atom is -0.389 e. The van der Waals surface area contributed by atoms with Gasteiger partial charge in [-0.3, -0.25) is 10.1 Å². The quantitative estimate of drug-likeness (QED) is 0.661. The third-order valence-electron chi connectivity index (χ3n) is 2.49. The van der Waals surface area contributed by atoms with Crippen molar-refractivity contribution in [1.82, 2.24) is 0 Å². The number of hydrogen-bond donors (Lipinski definition) is 1. The van der Waals surface area contributed by atoms with Gasteiger partial charge in [0, 0.05) is 13.1 Å². The van der Waals surface area contributed by atoms with Gasteiger partial charge in [0.05, 0.1) is 22.7 Å². The maximum Gasteiger partial charge on any atom is 0.275 e. The lowest BCUT2D eigenvalue weighted by atomic mass is 10.1. The molecule has 0 fully saturated rings. The van der Waals surface area contributed by atoms with Gasteiger partial charge < -0.3 is 10.0 Å². The van der Waals surface area contributed by atoms with Crippen LogP contribution in [0.2, 0.25) is 0 Å². The average molecular weight is 274 g/mol. The Hall–Kier alpha value is -1.76. The van der Waals surface area contributed by atoms with Crippen LogP contribution < -0.4 is 4.90 Å². The molecule has 1 aromatic carbocycles. The molecule has 0 amide bonds. The number of nitrogens with zero attached hydrogens (tertiary/aromatic N) is 2. The highest BCUT2D eigenvalue weighted by atomic mass is 19.1. The van der Waals surface area contributed by atoms with Gasteiger partial charge in [0.1, 0.15) is 5.69 Å². The fourth-order valence-corrected chi connectivity index (χ4v) is 1.78. The number of non-ortho nitro benzene ring substituents is 1. The molecule has 0 aliphatic carbocycles. The smallest absolute Gasteiger partial charge is 0.275 e. The van der Waals surface area contributed by atoms with Gasteiger partial charge in [-0.1, -0.05) is 0 Å². The summed E-state index contributed by atoms with van der Waals surface area (Å²) in [6.07, 6.45) is 0. The van der Waals surface area contributed by atoms with Crippen LogP contribution in [0.1, 0.15) is 20.8 Å². The molecule has 0 spiro atoms. The Bertz CT molecular complexity index is 463. The van der Waals surface area contributed by atoms with Crippen LogP contribution in [0.3, 0.4) is 0 Å². The van der Waals surface area contributed by atoms with Crippen LogP contribution in [0, 0.1) is 21.7 Å². The predicted molar refractivity (Wildman–Crippen MR) is 67.2 cm³/mol. The maximum absolute atomic E-state index is 13.8. The third kappa shape index (κ3) is 3.85. The number of benzene rings is 1. The number of aliphatic hydroxyl groups is 1. The molecule has 7 heteroatoms. The van der Waals surface area contributed by atoms with Crippen molar-refractivity contribution < 1.29 is 18.8 Å². The molecular formula is C12H16F2N2O3. The fourth-order valence-electron chi connectivity index (χ4n) is 1.78.